The van der Waals surface area contributed by atoms with E-state index in [-0.39, 0.29) is 29.2 Å². The van der Waals surface area contributed by atoms with Gasteiger partial charge in [0.05, 0.1) is 12.7 Å². The van der Waals surface area contributed by atoms with Gasteiger partial charge in [0.1, 0.15) is 17.2 Å². The number of hydrogen-bond acceptors (Lipinski definition) is 5. The fourth-order valence-electron chi connectivity index (χ4n) is 6.21. The largest absolute Gasteiger partial charge is 0.493 e. The first-order valence-electron chi connectivity index (χ1n) is 17.7. The first-order chi connectivity index (χ1) is 22.6. The average molecular weight is 645 g/mol. The van der Waals surface area contributed by atoms with Crippen LogP contribution in [0.4, 0.5) is 16.2 Å². The number of nitrogens with one attached hydrogen (secondary N) is 2. The number of hydrogen-bond donors (Lipinski definition) is 2. The first-order valence-corrected chi connectivity index (χ1v) is 17.7. The average Bonchev–Trinajstić information content (AvgIpc) is 3.04. The maximum absolute atomic E-state index is 14.0. The molecule has 0 spiro atoms. The molecule has 1 aromatic heterocycles. The molecule has 1 saturated heterocycles. The van der Waals surface area contributed by atoms with Gasteiger partial charge in [-0.3, -0.25) is 4.79 Å². The summed E-state index contributed by atoms with van der Waals surface area (Å²) in [5, 5.41) is 6.08. The van der Waals surface area contributed by atoms with Crippen LogP contribution in [0.25, 0.3) is 11.1 Å². The number of carbonyl (C=O) groups excluding carboxylic acids is 1. The molecular weight excluding hydrogens is 588 g/mol. The van der Waals surface area contributed by atoms with Crippen molar-refractivity contribution in [2.24, 2.45) is 0 Å². The number of unbranched alkanes of at least 4 members (excludes halogenated alkanes) is 1. The van der Waals surface area contributed by atoms with Crippen LogP contribution in [-0.4, -0.2) is 47.8 Å². The Hall–Kier alpha value is -3.78. The van der Waals surface area contributed by atoms with Gasteiger partial charge in [-0.15, -0.1) is 0 Å². The molecule has 1 fully saturated rings. The number of benzene rings is 2. The molecule has 2 amide bonds. The second-order valence-corrected chi connectivity index (χ2v) is 13.6. The van der Waals surface area contributed by atoms with E-state index in [0.29, 0.717) is 24.5 Å². The van der Waals surface area contributed by atoms with Crippen molar-refractivity contribution in [3.05, 3.63) is 70.1 Å². The predicted molar refractivity (Wildman–Crippen MR) is 194 cm³/mol. The van der Waals surface area contributed by atoms with Crippen molar-refractivity contribution >= 4 is 17.4 Å². The summed E-state index contributed by atoms with van der Waals surface area (Å²) in [6, 6.07) is 13.3. The number of para-hydroxylation sites is 1. The zero-order chi connectivity index (χ0) is 33.9. The lowest BCUT2D eigenvalue weighted by Gasteiger charge is -2.26. The van der Waals surface area contributed by atoms with Crippen LogP contribution in [0.5, 0.6) is 11.5 Å². The Bertz CT molecular complexity index is 1500. The second-order valence-electron chi connectivity index (χ2n) is 13.6. The Kier molecular flexibility index (Phi) is 13.3. The van der Waals surface area contributed by atoms with E-state index in [1.165, 1.54) is 32.4 Å². The number of aryl methyl sites for hydroxylation is 1. The Labute approximate surface area is 281 Å². The molecule has 0 aliphatic carbocycles. The fraction of sp³-hybridized carbons (Fsp3) is 0.538. The molecule has 0 atom stereocenters. The number of ether oxygens (including phenoxy) is 2. The third-order valence-corrected chi connectivity index (χ3v) is 8.71. The predicted octanol–water partition coefficient (Wildman–Crippen LogP) is 9.25. The number of piperidine rings is 1. The van der Waals surface area contributed by atoms with Crippen molar-refractivity contribution in [2.45, 2.75) is 111 Å². The SMILES string of the molecule is CCCCn1ccc(-c2ccc(OCCCN3CCCCC3)cc2OC(C)C)c(NC(=O)Nc2c(C(C)C)cccc2C(C)C)c1=O. The van der Waals surface area contributed by atoms with E-state index >= 15 is 0 Å². The van der Waals surface area contributed by atoms with Crippen molar-refractivity contribution in [1.29, 1.82) is 0 Å². The van der Waals surface area contributed by atoms with Gasteiger partial charge >= 0.3 is 6.03 Å². The number of likely N-dealkylation sites (tertiary alicyclic amines) is 1. The summed E-state index contributed by atoms with van der Waals surface area (Å²) >= 11 is 0. The van der Waals surface area contributed by atoms with Gasteiger partial charge in [-0.25, -0.2) is 4.79 Å². The summed E-state index contributed by atoms with van der Waals surface area (Å²) in [7, 11) is 0. The summed E-state index contributed by atoms with van der Waals surface area (Å²) in [5.74, 6) is 1.75. The molecule has 3 aromatic rings. The highest BCUT2D eigenvalue weighted by atomic mass is 16.5. The maximum atomic E-state index is 14.0. The number of carbonyl (C=O) groups is 1. The highest BCUT2D eigenvalue weighted by Crippen LogP contribution is 2.38. The van der Waals surface area contributed by atoms with Gasteiger partial charge in [0.15, 0.2) is 0 Å². The third kappa shape index (κ3) is 9.86. The summed E-state index contributed by atoms with van der Waals surface area (Å²) in [6.07, 6.45) is 8.37. The van der Waals surface area contributed by atoms with E-state index in [9.17, 15) is 9.59 Å². The molecule has 2 N–H and O–H groups in total. The van der Waals surface area contributed by atoms with Crippen molar-refractivity contribution in [1.82, 2.24) is 9.47 Å². The van der Waals surface area contributed by atoms with Gasteiger partial charge in [0.2, 0.25) is 0 Å². The molecule has 0 saturated carbocycles. The van der Waals surface area contributed by atoms with Crippen LogP contribution >= 0.6 is 0 Å². The van der Waals surface area contributed by atoms with Crippen LogP contribution in [0, 0.1) is 0 Å². The van der Waals surface area contributed by atoms with Crippen molar-refractivity contribution in [2.75, 3.05) is 36.9 Å². The molecule has 1 aliphatic rings. The van der Waals surface area contributed by atoms with Gasteiger partial charge in [-0.1, -0.05) is 65.7 Å². The number of aromatic nitrogens is 1. The summed E-state index contributed by atoms with van der Waals surface area (Å²) in [6.45, 7) is 19.1. The van der Waals surface area contributed by atoms with Gasteiger partial charge < -0.3 is 29.6 Å². The van der Waals surface area contributed by atoms with E-state index in [0.717, 1.165) is 53.9 Å². The second kappa shape index (κ2) is 17.4. The number of nitrogens with zero attached hydrogens (tertiary/aromatic N) is 2. The normalized spacial score (nSPS) is 13.7. The molecule has 8 heteroatoms. The maximum Gasteiger partial charge on any atom is 0.323 e. The fourth-order valence-corrected chi connectivity index (χ4v) is 6.21. The minimum absolute atomic E-state index is 0.102. The molecule has 2 aromatic carbocycles. The zero-order valence-electron chi connectivity index (χ0n) is 29.7. The molecule has 47 heavy (non-hydrogen) atoms. The van der Waals surface area contributed by atoms with E-state index in [1.54, 1.807) is 4.57 Å². The molecule has 256 valence electrons. The Morgan fingerprint density at radius 2 is 1.51 bits per heavy atom. The molecule has 2 heterocycles. The van der Waals surface area contributed by atoms with Crippen LogP contribution < -0.4 is 25.7 Å². The molecular formula is C39H56N4O4. The molecule has 1 aliphatic heterocycles. The summed E-state index contributed by atoms with van der Waals surface area (Å²) < 4.78 is 14.1. The third-order valence-electron chi connectivity index (χ3n) is 8.71. The van der Waals surface area contributed by atoms with Crippen LogP contribution in [-0.2, 0) is 6.54 Å². The monoisotopic (exact) mass is 644 g/mol. The number of amides is 2. The topological polar surface area (TPSA) is 84.8 Å². The number of pyridine rings is 1. The van der Waals surface area contributed by atoms with Gasteiger partial charge in [-0.2, -0.15) is 0 Å². The Balaban J connectivity index is 1.65. The molecule has 8 nitrogen and oxygen atoms in total. The standard InChI is InChI=1S/C39H56N4O4/c1-8-9-23-43-24-19-34(37(38(43)44)41-39(45)40-36-31(27(2)3)15-13-16-32(36)28(4)5)33-18-17-30(26-35(33)47-29(6)7)46-25-14-22-42-20-11-10-12-21-42/h13,15-19,24,26-29H,8-12,14,20-23,25H2,1-7H3,(H2,40,41,45). The number of anilines is 2. The van der Waals surface area contributed by atoms with Crippen LogP contribution in [0.3, 0.4) is 0 Å². The molecule has 4 rings (SSSR count). The number of urea groups is 1. The summed E-state index contributed by atoms with van der Waals surface area (Å²) in [5.41, 5.74) is 4.20. The summed E-state index contributed by atoms with van der Waals surface area (Å²) in [4.78, 5) is 30.2. The smallest absolute Gasteiger partial charge is 0.323 e. The van der Waals surface area contributed by atoms with Crippen LogP contribution in [0.15, 0.2) is 53.5 Å². The van der Waals surface area contributed by atoms with Crippen LogP contribution in [0.2, 0.25) is 0 Å². The minimum atomic E-state index is -0.452. The van der Waals surface area contributed by atoms with Crippen molar-refractivity contribution in [3.63, 3.8) is 0 Å². The first kappa shape index (κ1) is 36.1. The van der Waals surface area contributed by atoms with Crippen molar-refractivity contribution in [3.8, 4) is 22.6 Å². The Morgan fingerprint density at radius 1 is 0.830 bits per heavy atom. The minimum Gasteiger partial charge on any atom is -0.493 e. The van der Waals surface area contributed by atoms with E-state index < -0.39 is 6.03 Å². The van der Waals surface area contributed by atoms with E-state index in [2.05, 4.69) is 50.2 Å². The van der Waals surface area contributed by atoms with E-state index in [4.69, 9.17) is 9.47 Å². The zero-order valence-corrected chi connectivity index (χ0v) is 29.7. The lowest BCUT2D eigenvalue weighted by atomic mass is 9.93. The van der Waals surface area contributed by atoms with Gasteiger partial charge in [0, 0.05) is 42.2 Å². The van der Waals surface area contributed by atoms with Crippen LogP contribution in [0.1, 0.15) is 110 Å². The molecule has 0 bridgehead atoms. The van der Waals surface area contributed by atoms with Gasteiger partial charge in [-0.05, 0) is 93.8 Å². The number of rotatable bonds is 15. The molecule has 0 unspecified atom stereocenters. The lowest BCUT2D eigenvalue weighted by Crippen LogP contribution is -2.31. The van der Waals surface area contributed by atoms with Crippen molar-refractivity contribution < 1.29 is 14.3 Å². The Morgan fingerprint density at radius 3 is 2.15 bits per heavy atom. The van der Waals surface area contributed by atoms with E-state index in [1.807, 2.05) is 62.5 Å². The quantitative estimate of drug-likeness (QED) is 0.161. The highest BCUT2D eigenvalue weighted by Gasteiger charge is 2.21. The van der Waals surface area contributed by atoms with Gasteiger partial charge in [0.25, 0.3) is 5.56 Å². The lowest BCUT2D eigenvalue weighted by molar-refractivity contribution is 0.204. The molecule has 0 radical (unpaired) electrons. The highest BCUT2D eigenvalue weighted by molar-refractivity contribution is 6.03.